The van der Waals surface area contributed by atoms with E-state index in [9.17, 15) is 24.3 Å². The maximum atomic E-state index is 14.8. The summed E-state index contributed by atoms with van der Waals surface area (Å²) in [5.74, 6) is -2.55. The second kappa shape index (κ2) is 12.8. The van der Waals surface area contributed by atoms with Gasteiger partial charge in [-0.05, 0) is 92.1 Å². The molecule has 10 nitrogen and oxygen atoms in total. The van der Waals surface area contributed by atoms with Crippen LogP contribution in [-0.2, 0) is 33.4 Å². The second-order valence-electron chi connectivity index (χ2n) is 17.3. The molecule has 5 rings (SSSR count). The van der Waals surface area contributed by atoms with Crippen LogP contribution in [0.15, 0.2) is 11.6 Å². The zero-order valence-corrected chi connectivity index (χ0v) is 30.4. The Balaban J connectivity index is 1.58. The van der Waals surface area contributed by atoms with E-state index in [1.807, 2.05) is 6.92 Å². The van der Waals surface area contributed by atoms with Gasteiger partial charge in [0.25, 0.3) is 0 Å². The number of carboxylic acids is 1. The number of esters is 2. The SMILES string of the molecule is CC(=O)O[C@@H]1C[C@@]23COC[C@](C)([C@@H]2CC[C@H]2C3=CC(=O)[C@@]3(C)[C@H](C(=O)O)[C@@](C)([C@H](C)C(C)C)CC[C@]23C)[C@H]1OC(=O)C(N)CCCCN. The first-order valence-electron chi connectivity index (χ1n) is 18.3. The monoisotopic (exact) mass is 672 g/mol. The molecule has 0 spiro atoms. The van der Waals surface area contributed by atoms with E-state index in [-0.39, 0.29) is 29.5 Å². The number of unbranched alkanes of at least 4 members (excludes halogenated alkanes) is 1. The number of aliphatic carboxylic acids is 1. The molecule has 1 unspecified atom stereocenters. The number of fused-ring (bicyclic) bond motifs is 3. The molecule has 270 valence electrons. The summed E-state index contributed by atoms with van der Waals surface area (Å²) in [4.78, 5) is 54.1. The van der Waals surface area contributed by atoms with Crippen LogP contribution in [0, 0.1) is 56.7 Å². The first kappa shape index (κ1) is 37.0. The van der Waals surface area contributed by atoms with Crippen molar-refractivity contribution in [3.8, 4) is 0 Å². The van der Waals surface area contributed by atoms with E-state index in [4.69, 9.17) is 25.7 Å². The quantitative estimate of drug-likeness (QED) is 0.211. The number of rotatable bonds is 10. The van der Waals surface area contributed by atoms with Crippen molar-refractivity contribution in [1.29, 1.82) is 0 Å². The van der Waals surface area contributed by atoms with Gasteiger partial charge in [-0.25, -0.2) is 0 Å². The smallest absolute Gasteiger partial charge is 0.323 e. The number of hydrogen-bond acceptors (Lipinski definition) is 9. The summed E-state index contributed by atoms with van der Waals surface area (Å²) in [6.45, 7) is 17.2. The van der Waals surface area contributed by atoms with Crippen molar-refractivity contribution in [2.45, 2.75) is 125 Å². The van der Waals surface area contributed by atoms with Gasteiger partial charge < -0.3 is 30.8 Å². The molecule has 3 saturated carbocycles. The van der Waals surface area contributed by atoms with Crippen molar-refractivity contribution in [2.75, 3.05) is 19.8 Å². The Morgan fingerprint density at radius 2 is 1.73 bits per heavy atom. The van der Waals surface area contributed by atoms with Crippen LogP contribution in [0.4, 0.5) is 0 Å². The molecular formula is C38H60N2O8. The predicted octanol–water partition coefficient (Wildman–Crippen LogP) is 5.05. The minimum absolute atomic E-state index is 0.00910. The number of ether oxygens (including phenoxy) is 3. The van der Waals surface area contributed by atoms with E-state index in [1.54, 1.807) is 6.08 Å². The van der Waals surface area contributed by atoms with Gasteiger partial charge in [-0.1, -0.05) is 60.5 Å². The van der Waals surface area contributed by atoms with Gasteiger partial charge in [0.05, 0.1) is 19.1 Å². The fraction of sp³-hybridized carbons (Fsp3) is 0.842. The van der Waals surface area contributed by atoms with Crippen LogP contribution >= 0.6 is 0 Å². The summed E-state index contributed by atoms with van der Waals surface area (Å²) >= 11 is 0. The minimum Gasteiger partial charge on any atom is -0.481 e. The summed E-state index contributed by atoms with van der Waals surface area (Å²) < 4.78 is 18.6. The molecule has 5 N–H and O–H groups in total. The van der Waals surface area contributed by atoms with E-state index >= 15 is 0 Å². The number of carbonyl (C=O) groups excluding carboxylic acids is 3. The Kier molecular flexibility index (Phi) is 9.85. The molecule has 2 bridgehead atoms. The van der Waals surface area contributed by atoms with Crippen LogP contribution in [0.1, 0.15) is 107 Å². The van der Waals surface area contributed by atoms with E-state index in [0.29, 0.717) is 39.0 Å². The Labute approximate surface area is 286 Å². The largest absolute Gasteiger partial charge is 0.481 e. The molecule has 0 radical (unpaired) electrons. The van der Waals surface area contributed by atoms with Crippen LogP contribution in [0.3, 0.4) is 0 Å². The molecule has 1 saturated heterocycles. The molecule has 5 aliphatic rings. The average Bonchev–Trinajstić information content (AvgIpc) is 3.00. The lowest BCUT2D eigenvalue weighted by molar-refractivity contribution is -0.262. The van der Waals surface area contributed by atoms with E-state index in [2.05, 4.69) is 41.5 Å². The fourth-order valence-electron chi connectivity index (χ4n) is 11.7. The number of ketones is 1. The molecule has 0 aromatic rings. The van der Waals surface area contributed by atoms with E-state index < -0.39 is 69.2 Å². The summed E-state index contributed by atoms with van der Waals surface area (Å²) in [6, 6.07) is -0.820. The van der Waals surface area contributed by atoms with Crippen LogP contribution in [0.25, 0.3) is 0 Å². The minimum atomic E-state index is -1.10. The second-order valence-corrected chi connectivity index (χ2v) is 17.3. The molecule has 1 aliphatic heterocycles. The number of hydrogen-bond donors (Lipinski definition) is 3. The van der Waals surface area contributed by atoms with Gasteiger partial charge in [-0.2, -0.15) is 0 Å². The molecule has 4 fully saturated rings. The third-order valence-electron chi connectivity index (χ3n) is 14.8. The van der Waals surface area contributed by atoms with Crippen molar-refractivity contribution < 1.29 is 38.5 Å². The van der Waals surface area contributed by atoms with Crippen molar-refractivity contribution in [3.05, 3.63) is 11.6 Å². The van der Waals surface area contributed by atoms with Gasteiger partial charge in [0.2, 0.25) is 0 Å². The molecule has 1 heterocycles. The first-order valence-corrected chi connectivity index (χ1v) is 18.3. The molecule has 48 heavy (non-hydrogen) atoms. The highest BCUT2D eigenvalue weighted by Gasteiger charge is 2.74. The van der Waals surface area contributed by atoms with Crippen molar-refractivity contribution >= 4 is 23.7 Å². The Morgan fingerprint density at radius 1 is 1.04 bits per heavy atom. The van der Waals surface area contributed by atoms with Crippen LogP contribution in [0.5, 0.6) is 0 Å². The van der Waals surface area contributed by atoms with Gasteiger partial charge in [-0.15, -0.1) is 0 Å². The normalized spacial score (nSPS) is 43.2. The van der Waals surface area contributed by atoms with Gasteiger partial charge >= 0.3 is 17.9 Å². The number of nitrogens with two attached hydrogens (primary N) is 2. The Morgan fingerprint density at radius 3 is 2.33 bits per heavy atom. The molecule has 0 amide bonds. The van der Waals surface area contributed by atoms with Gasteiger partial charge in [0.1, 0.15) is 18.2 Å². The zero-order valence-electron chi connectivity index (χ0n) is 30.4. The predicted molar refractivity (Wildman–Crippen MR) is 180 cm³/mol. The molecule has 10 heteroatoms. The Hall–Kier alpha value is -2.30. The number of carboxylic acid groups (broad SMARTS) is 1. The maximum absolute atomic E-state index is 14.8. The lowest BCUT2D eigenvalue weighted by Crippen LogP contribution is -2.71. The molecule has 0 aromatic heterocycles. The topological polar surface area (TPSA) is 168 Å². The third kappa shape index (κ3) is 5.29. The lowest BCUT2D eigenvalue weighted by Gasteiger charge is -2.70. The highest BCUT2D eigenvalue weighted by atomic mass is 16.6. The zero-order chi connectivity index (χ0) is 35.6. The van der Waals surface area contributed by atoms with Gasteiger partial charge in [0, 0.05) is 23.2 Å². The van der Waals surface area contributed by atoms with E-state index in [1.165, 1.54) is 6.92 Å². The molecule has 4 aliphatic carbocycles. The summed E-state index contributed by atoms with van der Waals surface area (Å²) in [7, 11) is 0. The summed E-state index contributed by atoms with van der Waals surface area (Å²) in [5.41, 5.74) is 9.30. The maximum Gasteiger partial charge on any atom is 0.323 e. The van der Waals surface area contributed by atoms with Crippen LogP contribution < -0.4 is 11.5 Å². The first-order chi connectivity index (χ1) is 22.3. The molecular weight excluding hydrogens is 612 g/mol. The number of allylic oxidation sites excluding steroid dienone is 1. The van der Waals surface area contributed by atoms with Crippen molar-refractivity contribution in [2.24, 2.45) is 68.1 Å². The standard InChI is InChI=1S/C38H60N2O8/c1-21(2)22(3)34(5)14-15-36(7)24-12-13-28-35(6)19-46-20-38(28,25(24)17-29(42)37(36,8)30(34)32(43)44)18-27(47-23(4)41)31(35)48-33(45)26(40)11-9-10-16-39/h17,21-22,24,26-28,30-31H,9-16,18-20,39-40H2,1-8H3,(H,43,44)/t22-,24+,26?,27-,28+,30-,31+,34-,35-,36-,37+,38+/m1/s1. The molecule has 12 atom stereocenters. The number of carbonyl (C=O) groups is 4. The highest BCUT2D eigenvalue weighted by Crippen LogP contribution is 2.74. The molecule has 0 aromatic carbocycles. The fourth-order valence-corrected chi connectivity index (χ4v) is 11.7. The van der Waals surface area contributed by atoms with Crippen molar-refractivity contribution in [1.82, 2.24) is 0 Å². The van der Waals surface area contributed by atoms with Crippen LogP contribution in [0.2, 0.25) is 0 Å². The van der Waals surface area contributed by atoms with Crippen molar-refractivity contribution in [3.63, 3.8) is 0 Å². The van der Waals surface area contributed by atoms with Crippen LogP contribution in [-0.4, -0.2) is 66.8 Å². The Bertz CT molecular complexity index is 1350. The van der Waals surface area contributed by atoms with Gasteiger partial charge in [0.15, 0.2) is 5.78 Å². The average molecular weight is 673 g/mol. The van der Waals surface area contributed by atoms with E-state index in [0.717, 1.165) is 37.7 Å². The van der Waals surface area contributed by atoms with Gasteiger partial charge in [-0.3, -0.25) is 19.2 Å². The highest BCUT2D eigenvalue weighted by molar-refractivity contribution is 6.00. The third-order valence-corrected chi connectivity index (χ3v) is 14.8. The lowest BCUT2D eigenvalue weighted by atomic mass is 9.34. The summed E-state index contributed by atoms with van der Waals surface area (Å²) in [6.07, 6.45) is 5.55. The summed E-state index contributed by atoms with van der Waals surface area (Å²) in [5, 5.41) is 10.9.